The summed E-state index contributed by atoms with van der Waals surface area (Å²) in [6, 6.07) is 17.0. The maximum Gasteiger partial charge on any atom is 0.203 e. The van der Waals surface area contributed by atoms with Gasteiger partial charge >= 0.3 is 0 Å². The summed E-state index contributed by atoms with van der Waals surface area (Å²) in [6.45, 7) is 4.18. The smallest absolute Gasteiger partial charge is 0.203 e. The first kappa shape index (κ1) is 27.1. The minimum Gasteiger partial charge on any atom is -0.493 e. The Kier molecular flexibility index (Phi) is 8.22. The molecule has 0 atom stereocenters. The second kappa shape index (κ2) is 12.1. The van der Waals surface area contributed by atoms with Crippen molar-refractivity contribution in [2.24, 2.45) is 0 Å². The predicted octanol–water partition coefficient (Wildman–Crippen LogP) is 6.67. The fraction of sp³-hybridized carbons (Fsp3) is 0.212. The molecule has 5 rings (SSSR count). The molecule has 0 N–H and O–H groups in total. The summed E-state index contributed by atoms with van der Waals surface area (Å²) in [5.74, 6) is 1.44. The number of rotatable bonds is 10. The van der Waals surface area contributed by atoms with Crippen LogP contribution >= 0.6 is 0 Å². The Labute approximate surface area is 234 Å². The second-order valence-electron chi connectivity index (χ2n) is 9.67. The van der Waals surface area contributed by atoms with Crippen LogP contribution in [-0.4, -0.2) is 42.7 Å². The third kappa shape index (κ3) is 5.75. The summed E-state index contributed by atoms with van der Waals surface area (Å²) < 4.78 is 31.3. The van der Waals surface area contributed by atoms with Crippen molar-refractivity contribution in [2.45, 2.75) is 20.0 Å². The van der Waals surface area contributed by atoms with Crippen LogP contribution in [-0.2, 0) is 13.1 Å². The normalized spacial score (nSPS) is 13.6. The van der Waals surface area contributed by atoms with Crippen molar-refractivity contribution in [1.82, 2.24) is 14.9 Å². The van der Waals surface area contributed by atoms with E-state index in [2.05, 4.69) is 27.9 Å². The molecule has 0 radical (unpaired) electrons. The van der Waals surface area contributed by atoms with Gasteiger partial charge in [-0.3, -0.25) is 14.9 Å². The molecule has 4 aromatic rings. The molecule has 2 aromatic heterocycles. The molecule has 2 aromatic carbocycles. The molecule has 0 saturated carbocycles. The number of pyridine rings is 2. The van der Waals surface area contributed by atoms with Gasteiger partial charge in [-0.1, -0.05) is 6.07 Å². The Morgan fingerprint density at radius 2 is 1.30 bits per heavy atom. The monoisotopic (exact) mass is 537 g/mol. The standard InChI is InChI=1S/C33H32FN3O3/c1-22-28(15-25-16-31(38-2)33(40-4)32(17-25)39-3)27-6-5-26(34)18-29(27)30(22)21-37(19-23-7-11-35-12-8-23)20-24-9-13-36-14-10-24/h5-18H,19-21H2,1-4H3/b28-15-. The van der Waals surface area contributed by atoms with Gasteiger partial charge in [0.2, 0.25) is 5.75 Å². The molecular formula is C33H32FN3O3. The first-order valence-corrected chi connectivity index (χ1v) is 13.0. The summed E-state index contributed by atoms with van der Waals surface area (Å²) >= 11 is 0. The van der Waals surface area contributed by atoms with Gasteiger partial charge in [0, 0.05) is 44.4 Å². The summed E-state index contributed by atoms with van der Waals surface area (Å²) in [4.78, 5) is 10.7. The molecule has 0 unspecified atom stereocenters. The van der Waals surface area contributed by atoms with Gasteiger partial charge in [-0.15, -0.1) is 0 Å². The number of benzene rings is 2. The van der Waals surface area contributed by atoms with E-state index in [4.69, 9.17) is 14.2 Å². The van der Waals surface area contributed by atoms with E-state index in [0.717, 1.165) is 57.6 Å². The number of methoxy groups -OCH3 is 3. The van der Waals surface area contributed by atoms with Gasteiger partial charge in [0.1, 0.15) is 5.82 Å². The van der Waals surface area contributed by atoms with Crippen LogP contribution in [0.15, 0.2) is 85.0 Å². The molecule has 2 heterocycles. The van der Waals surface area contributed by atoms with Crippen molar-refractivity contribution in [3.8, 4) is 17.2 Å². The minimum absolute atomic E-state index is 0.257. The Morgan fingerprint density at radius 3 is 1.82 bits per heavy atom. The van der Waals surface area contributed by atoms with Gasteiger partial charge in [0.15, 0.2) is 11.5 Å². The fourth-order valence-corrected chi connectivity index (χ4v) is 5.19. The molecular weight excluding hydrogens is 505 g/mol. The quantitative estimate of drug-likeness (QED) is 0.225. The largest absolute Gasteiger partial charge is 0.493 e. The number of hydrogen-bond acceptors (Lipinski definition) is 6. The summed E-state index contributed by atoms with van der Waals surface area (Å²) in [6.07, 6.45) is 9.33. The number of allylic oxidation sites excluding steroid dienone is 2. The molecule has 40 heavy (non-hydrogen) atoms. The van der Waals surface area contributed by atoms with Gasteiger partial charge in [-0.05, 0) is 106 Å². The maximum absolute atomic E-state index is 14.6. The van der Waals surface area contributed by atoms with Crippen LogP contribution < -0.4 is 14.2 Å². The van der Waals surface area contributed by atoms with E-state index in [-0.39, 0.29) is 5.82 Å². The SMILES string of the molecule is COc1cc(/C=C2/C(C)=C(CN(Cc3ccncc3)Cc3ccncc3)c3cc(F)ccc32)cc(OC)c1OC. The predicted molar refractivity (Wildman–Crippen MR) is 156 cm³/mol. The summed E-state index contributed by atoms with van der Waals surface area (Å²) in [7, 11) is 4.79. The zero-order chi connectivity index (χ0) is 28.1. The Balaban J connectivity index is 1.57. The van der Waals surface area contributed by atoms with Gasteiger partial charge in [0.25, 0.3) is 0 Å². The van der Waals surface area contributed by atoms with Gasteiger partial charge in [-0.2, -0.15) is 0 Å². The van der Waals surface area contributed by atoms with Gasteiger partial charge in [-0.25, -0.2) is 4.39 Å². The van der Waals surface area contributed by atoms with E-state index in [9.17, 15) is 4.39 Å². The Bertz CT molecular complexity index is 1490. The number of hydrogen-bond donors (Lipinski definition) is 0. The molecule has 0 bridgehead atoms. The van der Waals surface area contributed by atoms with Crippen LogP contribution in [0.1, 0.15) is 34.7 Å². The lowest BCUT2D eigenvalue weighted by molar-refractivity contribution is 0.290. The van der Waals surface area contributed by atoms with E-state index in [0.29, 0.717) is 23.8 Å². The molecule has 0 spiro atoms. The van der Waals surface area contributed by atoms with Gasteiger partial charge < -0.3 is 14.2 Å². The lowest BCUT2D eigenvalue weighted by Gasteiger charge is -2.24. The van der Waals surface area contributed by atoms with Crippen molar-refractivity contribution in [2.75, 3.05) is 27.9 Å². The highest BCUT2D eigenvalue weighted by molar-refractivity contribution is 6.05. The highest BCUT2D eigenvalue weighted by Gasteiger charge is 2.26. The second-order valence-corrected chi connectivity index (χ2v) is 9.67. The first-order chi connectivity index (χ1) is 19.5. The van der Waals surface area contributed by atoms with Crippen LogP contribution in [0.4, 0.5) is 4.39 Å². The highest BCUT2D eigenvalue weighted by atomic mass is 19.1. The number of halogens is 1. The van der Waals surface area contributed by atoms with Crippen LogP contribution in [0.2, 0.25) is 0 Å². The van der Waals surface area contributed by atoms with Crippen molar-refractivity contribution >= 4 is 17.2 Å². The molecule has 0 fully saturated rings. The van der Waals surface area contributed by atoms with Crippen LogP contribution in [0.5, 0.6) is 17.2 Å². The number of aromatic nitrogens is 2. The molecule has 7 heteroatoms. The lowest BCUT2D eigenvalue weighted by Crippen LogP contribution is -2.25. The Morgan fingerprint density at radius 1 is 0.725 bits per heavy atom. The third-order valence-electron chi connectivity index (χ3n) is 7.14. The molecule has 204 valence electrons. The molecule has 6 nitrogen and oxygen atoms in total. The molecule has 0 amide bonds. The van der Waals surface area contributed by atoms with Crippen LogP contribution in [0, 0.1) is 5.82 Å². The van der Waals surface area contributed by atoms with Crippen molar-refractivity contribution in [3.05, 3.63) is 119 Å². The third-order valence-corrected chi connectivity index (χ3v) is 7.14. The van der Waals surface area contributed by atoms with Crippen molar-refractivity contribution < 1.29 is 18.6 Å². The lowest BCUT2D eigenvalue weighted by atomic mass is 10.00. The molecule has 1 aliphatic carbocycles. The average Bonchev–Trinajstić information content (AvgIpc) is 3.22. The van der Waals surface area contributed by atoms with Crippen LogP contribution in [0.3, 0.4) is 0 Å². The maximum atomic E-state index is 14.6. The number of ether oxygens (including phenoxy) is 3. The first-order valence-electron chi connectivity index (χ1n) is 13.0. The van der Waals surface area contributed by atoms with Crippen molar-refractivity contribution in [1.29, 1.82) is 0 Å². The zero-order valence-electron chi connectivity index (χ0n) is 23.1. The van der Waals surface area contributed by atoms with E-state index < -0.39 is 0 Å². The van der Waals surface area contributed by atoms with E-state index >= 15 is 0 Å². The molecule has 0 aliphatic heterocycles. The van der Waals surface area contributed by atoms with E-state index in [1.54, 1.807) is 27.4 Å². The minimum atomic E-state index is -0.257. The number of nitrogens with zero attached hydrogens (tertiary/aromatic N) is 3. The zero-order valence-corrected chi connectivity index (χ0v) is 23.1. The summed E-state index contributed by atoms with van der Waals surface area (Å²) in [5, 5.41) is 0. The topological polar surface area (TPSA) is 56.7 Å². The van der Waals surface area contributed by atoms with Crippen molar-refractivity contribution in [3.63, 3.8) is 0 Å². The van der Waals surface area contributed by atoms with Gasteiger partial charge in [0.05, 0.1) is 21.3 Å². The molecule has 0 saturated heterocycles. The summed E-state index contributed by atoms with van der Waals surface area (Å²) in [5.41, 5.74) is 8.35. The Hall–Kier alpha value is -4.49. The van der Waals surface area contributed by atoms with E-state index in [1.807, 2.05) is 67.3 Å². The number of fused-ring (bicyclic) bond motifs is 1. The fourth-order valence-electron chi connectivity index (χ4n) is 5.19. The highest BCUT2D eigenvalue weighted by Crippen LogP contribution is 2.45. The van der Waals surface area contributed by atoms with Crippen LogP contribution in [0.25, 0.3) is 17.2 Å². The van der Waals surface area contributed by atoms with E-state index in [1.165, 1.54) is 6.07 Å². The average molecular weight is 538 g/mol. The molecule has 1 aliphatic rings.